The molecule has 0 bridgehead atoms. The minimum atomic E-state index is 0.601. The van der Waals surface area contributed by atoms with E-state index in [0.717, 1.165) is 38.0 Å². The van der Waals surface area contributed by atoms with Crippen LogP contribution < -0.4 is 10.6 Å². The average molecular weight is 326 g/mol. The van der Waals surface area contributed by atoms with Crippen molar-refractivity contribution in [3.05, 3.63) is 28.2 Å². The predicted molar refractivity (Wildman–Crippen MR) is 85.8 cm³/mol. The smallest absolute Gasteiger partial charge is 0.245 e. The summed E-state index contributed by atoms with van der Waals surface area (Å²) in [6.45, 7) is 2.62. The van der Waals surface area contributed by atoms with Gasteiger partial charge in [-0.2, -0.15) is 4.98 Å². The number of piperidine rings is 1. The van der Waals surface area contributed by atoms with Crippen LogP contribution >= 0.6 is 23.2 Å². The summed E-state index contributed by atoms with van der Waals surface area (Å²) < 4.78 is 0. The van der Waals surface area contributed by atoms with Crippen LogP contribution in [0.1, 0.15) is 12.8 Å². The van der Waals surface area contributed by atoms with E-state index in [2.05, 4.69) is 20.1 Å². The van der Waals surface area contributed by atoms with Crippen molar-refractivity contribution in [1.82, 2.24) is 15.2 Å². The number of nitrogens with one attached hydrogen (secondary N) is 1. The number of benzene rings is 1. The molecule has 1 aromatic carbocycles. The molecule has 0 aliphatic carbocycles. The molecule has 0 amide bonds. The van der Waals surface area contributed by atoms with Crippen molar-refractivity contribution < 1.29 is 0 Å². The lowest BCUT2D eigenvalue weighted by atomic mass is 9.97. The zero-order chi connectivity index (χ0) is 14.8. The molecule has 0 unspecified atom stereocenters. The molecule has 0 saturated carbocycles. The molecule has 3 N–H and O–H groups in total. The van der Waals surface area contributed by atoms with Gasteiger partial charge in [-0.05, 0) is 43.5 Å². The fraction of sp³-hybridized carbons (Fsp3) is 0.429. The third-order valence-corrected chi connectivity index (χ3v) is 4.45. The summed E-state index contributed by atoms with van der Waals surface area (Å²) in [6.07, 6.45) is 2.16. The van der Waals surface area contributed by atoms with E-state index in [9.17, 15) is 0 Å². The summed E-state index contributed by atoms with van der Waals surface area (Å²) in [7, 11) is 0. The standard InChI is InChI=1S/C14H17Cl2N5/c15-10-1-2-12(16)11(7-10)13-18-14(20-19-13)21-5-3-9(8-17)4-6-21/h1-2,7,9H,3-6,8,17H2,(H,18,19,20). The van der Waals surface area contributed by atoms with Crippen molar-refractivity contribution in [2.75, 3.05) is 24.5 Å². The Balaban J connectivity index is 1.79. The van der Waals surface area contributed by atoms with E-state index >= 15 is 0 Å². The maximum Gasteiger partial charge on any atom is 0.245 e. The van der Waals surface area contributed by atoms with Gasteiger partial charge in [-0.25, -0.2) is 0 Å². The first kappa shape index (κ1) is 14.6. The molecule has 1 aromatic heterocycles. The number of aromatic nitrogens is 3. The average Bonchev–Trinajstić information content (AvgIpc) is 2.99. The lowest BCUT2D eigenvalue weighted by molar-refractivity contribution is 0.411. The number of anilines is 1. The summed E-state index contributed by atoms with van der Waals surface area (Å²) in [5.74, 6) is 1.96. The summed E-state index contributed by atoms with van der Waals surface area (Å²) in [4.78, 5) is 6.71. The third kappa shape index (κ3) is 3.15. The molecule has 1 aliphatic rings. The second kappa shape index (κ2) is 6.22. The van der Waals surface area contributed by atoms with Crippen LogP contribution in [0, 0.1) is 5.92 Å². The van der Waals surface area contributed by atoms with E-state index in [4.69, 9.17) is 28.9 Å². The normalized spacial score (nSPS) is 16.4. The van der Waals surface area contributed by atoms with Crippen molar-refractivity contribution in [3.8, 4) is 11.4 Å². The Labute approximate surface area is 133 Å². The number of nitrogens with zero attached hydrogens (tertiary/aromatic N) is 3. The number of H-pyrrole nitrogens is 1. The fourth-order valence-corrected chi connectivity index (χ4v) is 2.94. The molecular weight excluding hydrogens is 309 g/mol. The summed E-state index contributed by atoms with van der Waals surface area (Å²) in [5.41, 5.74) is 6.48. The molecule has 21 heavy (non-hydrogen) atoms. The topological polar surface area (TPSA) is 70.8 Å². The Bertz CT molecular complexity index is 620. The van der Waals surface area contributed by atoms with Crippen molar-refractivity contribution in [3.63, 3.8) is 0 Å². The Kier molecular flexibility index (Phi) is 4.33. The summed E-state index contributed by atoms with van der Waals surface area (Å²) in [6, 6.07) is 5.30. The van der Waals surface area contributed by atoms with Crippen molar-refractivity contribution in [1.29, 1.82) is 0 Å². The molecule has 2 heterocycles. The zero-order valence-electron chi connectivity index (χ0n) is 11.5. The molecule has 1 fully saturated rings. The Morgan fingerprint density at radius 2 is 2.05 bits per heavy atom. The van der Waals surface area contributed by atoms with Crippen LogP contribution in [-0.2, 0) is 0 Å². The maximum absolute atomic E-state index is 6.19. The molecule has 0 atom stereocenters. The van der Waals surface area contributed by atoms with Crippen molar-refractivity contribution in [2.24, 2.45) is 11.7 Å². The maximum atomic E-state index is 6.19. The minimum absolute atomic E-state index is 0.601. The second-order valence-corrected chi connectivity index (χ2v) is 6.12. The highest BCUT2D eigenvalue weighted by atomic mass is 35.5. The lowest BCUT2D eigenvalue weighted by Gasteiger charge is -2.30. The van der Waals surface area contributed by atoms with Gasteiger partial charge < -0.3 is 10.6 Å². The van der Waals surface area contributed by atoms with Gasteiger partial charge in [0.2, 0.25) is 5.95 Å². The zero-order valence-corrected chi connectivity index (χ0v) is 13.0. The van der Waals surface area contributed by atoms with Gasteiger partial charge in [-0.1, -0.05) is 23.2 Å². The van der Waals surface area contributed by atoms with Crippen LogP contribution in [0.4, 0.5) is 5.95 Å². The molecule has 3 rings (SSSR count). The Morgan fingerprint density at radius 3 is 2.76 bits per heavy atom. The SMILES string of the molecule is NCC1CCN(c2n[nH]c(-c3cc(Cl)ccc3Cl)n2)CC1. The quantitative estimate of drug-likeness (QED) is 0.910. The summed E-state index contributed by atoms with van der Waals surface area (Å²) >= 11 is 12.2. The fourth-order valence-electron chi connectivity index (χ4n) is 2.56. The number of nitrogens with two attached hydrogens (primary N) is 1. The molecule has 0 radical (unpaired) electrons. The van der Waals surface area contributed by atoms with Gasteiger partial charge in [0.1, 0.15) is 0 Å². The number of aromatic amines is 1. The van der Waals surface area contributed by atoms with Crippen molar-refractivity contribution in [2.45, 2.75) is 12.8 Å². The highest BCUT2D eigenvalue weighted by molar-refractivity contribution is 6.35. The number of hydrogen-bond donors (Lipinski definition) is 2. The molecule has 5 nitrogen and oxygen atoms in total. The highest BCUT2D eigenvalue weighted by Gasteiger charge is 2.21. The van der Waals surface area contributed by atoms with Crippen LogP contribution in [0.15, 0.2) is 18.2 Å². The van der Waals surface area contributed by atoms with Gasteiger partial charge in [0.15, 0.2) is 5.82 Å². The molecule has 112 valence electrons. The lowest BCUT2D eigenvalue weighted by Crippen LogP contribution is -2.36. The van der Waals surface area contributed by atoms with Crippen LogP contribution in [0.3, 0.4) is 0 Å². The van der Waals surface area contributed by atoms with Crippen LogP contribution in [-0.4, -0.2) is 34.8 Å². The van der Waals surface area contributed by atoms with E-state index in [1.54, 1.807) is 18.2 Å². The predicted octanol–water partition coefficient (Wildman–Crippen LogP) is 2.95. The number of rotatable bonds is 3. The van der Waals surface area contributed by atoms with Gasteiger partial charge in [-0.15, -0.1) is 5.10 Å². The molecule has 1 aliphatic heterocycles. The molecule has 2 aromatic rings. The van der Waals surface area contributed by atoms with Gasteiger partial charge in [-0.3, -0.25) is 5.10 Å². The molecule has 1 saturated heterocycles. The summed E-state index contributed by atoms with van der Waals surface area (Å²) in [5, 5.41) is 8.46. The molecule has 7 heteroatoms. The molecular formula is C14H17Cl2N5. The van der Waals surface area contributed by atoms with E-state index in [0.29, 0.717) is 27.7 Å². The van der Waals surface area contributed by atoms with Crippen LogP contribution in [0.25, 0.3) is 11.4 Å². The van der Waals surface area contributed by atoms with Crippen LogP contribution in [0.2, 0.25) is 10.0 Å². The van der Waals surface area contributed by atoms with Gasteiger partial charge in [0.25, 0.3) is 0 Å². The van der Waals surface area contributed by atoms with E-state index in [1.807, 2.05) is 0 Å². The first-order valence-corrected chi connectivity index (χ1v) is 7.76. The van der Waals surface area contributed by atoms with Crippen LogP contribution in [0.5, 0.6) is 0 Å². The monoisotopic (exact) mass is 325 g/mol. The van der Waals surface area contributed by atoms with Gasteiger partial charge in [0, 0.05) is 23.7 Å². The Morgan fingerprint density at radius 1 is 1.29 bits per heavy atom. The van der Waals surface area contributed by atoms with E-state index < -0.39 is 0 Å². The van der Waals surface area contributed by atoms with Gasteiger partial charge in [0.05, 0.1) is 5.02 Å². The van der Waals surface area contributed by atoms with Crippen molar-refractivity contribution >= 4 is 29.2 Å². The first-order chi connectivity index (χ1) is 10.2. The number of hydrogen-bond acceptors (Lipinski definition) is 4. The second-order valence-electron chi connectivity index (χ2n) is 5.27. The molecule has 0 spiro atoms. The Hall–Kier alpha value is -1.30. The van der Waals surface area contributed by atoms with E-state index in [1.165, 1.54) is 0 Å². The van der Waals surface area contributed by atoms with Gasteiger partial charge >= 0.3 is 0 Å². The first-order valence-electron chi connectivity index (χ1n) is 7.00. The van der Waals surface area contributed by atoms with E-state index in [-0.39, 0.29) is 0 Å². The third-order valence-electron chi connectivity index (χ3n) is 3.89. The minimum Gasteiger partial charge on any atom is -0.340 e. The largest absolute Gasteiger partial charge is 0.340 e. The number of halogens is 2. The highest BCUT2D eigenvalue weighted by Crippen LogP contribution is 2.29.